The van der Waals surface area contributed by atoms with Crippen LogP contribution in [-0.4, -0.2) is 0 Å². The molecule has 0 N–H and O–H groups in total. The van der Waals surface area contributed by atoms with Crippen LogP contribution in [0.2, 0.25) is 0 Å². The van der Waals surface area contributed by atoms with Gasteiger partial charge in [0.25, 0.3) is 0 Å². The molecule has 0 unspecified atom stereocenters. The molecule has 0 atom stereocenters. The van der Waals surface area contributed by atoms with E-state index in [2.05, 4.69) is 241 Å². The summed E-state index contributed by atoms with van der Waals surface area (Å²) in [6, 6.07) is 86.8. The van der Waals surface area contributed by atoms with Crippen molar-refractivity contribution >= 4 is 38.6 Å². The first kappa shape index (κ1) is 33.8. The Morgan fingerprint density at radius 2 is 0.828 bits per heavy atom. The summed E-state index contributed by atoms with van der Waals surface area (Å²) < 4.78 is 0. The highest BCUT2D eigenvalue weighted by Crippen LogP contribution is 2.59. The fourth-order valence-electron chi connectivity index (χ4n) is 9.51. The molecule has 10 aromatic carbocycles. The van der Waals surface area contributed by atoms with Crippen molar-refractivity contribution in [1.29, 1.82) is 0 Å². The van der Waals surface area contributed by atoms with Crippen molar-refractivity contribution in [1.82, 2.24) is 0 Å². The smallest absolute Gasteiger partial charge is 0.0714 e. The van der Waals surface area contributed by atoms with Crippen molar-refractivity contribution in [2.75, 3.05) is 4.90 Å². The van der Waals surface area contributed by atoms with E-state index in [1.165, 1.54) is 77.2 Å². The molecule has 0 aromatic heterocycles. The van der Waals surface area contributed by atoms with Crippen LogP contribution < -0.4 is 4.90 Å². The van der Waals surface area contributed by atoms with Gasteiger partial charge in [-0.3, -0.25) is 0 Å². The van der Waals surface area contributed by atoms with E-state index in [-0.39, 0.29) is 0 Å². The monoisotopic (exact) mass is 737 g/mol. The van der Waals surface area contributed by atoms with E-state index in [4.69, 9.17) is 0 Å². The Hall–Kier alpha value is -7.48. The Kier molecular flexibility index (Phi) is 8.12. The van der Waals surface area contributed by atoms with Crippen LogP contribution in [0.4, 0.5) is 17.1 Å². The molecule has 0 heterocycles. The Balaban J connectivity index is 1.11. The molecular weight excluding hydrogens is 699 g/mol. The average molecular weight is 738 g/mol. The van der Waals surface area contributed by atoms with E-state index in [0.717, 1.165) is 17.1 Å². The molecule has 0 bridgehead atoms. The lowest BCUT2D eigenvalue weighted by atomic mass is 9.68. The predicted molar refractivity (Wildman–Crippen MR) is 244 cm³/mol. The molecule has 58 heavy (non-hydrogen) atoms. The average Bonchev–Trinajstić information content (AvgIpc) is 3.61. The molecule has 0 aliphatic heterocycles. The Labute approximate surface area is 339 Å². The number of benzene rings is 10. The standard InChI is InChI=1S/C57H39N/c1-4-16-40(17-5-1)44-32-30-42-31-33-45(39-46(42)38-44)41-34-36-49(37-35-41)58(54-28-14-19-43-18-10-11-24-50(43)54)55-29-15-27-53-56(55)51-25-12-13-26-52(51)57(53,47-20-6-2-7-21-47)48-22-8-3-9-23-48/h1-39H. The van der Waals surface area contributed by atoms with Gasteiger partial charge in [0.05, 0.1) is 16.8 Å². The van der Waals surface area contributed by atoms with Crippen LogP contribution in [0.1, 0.15) is 22.3 Å². The van der Waals surface area contributed by atoms with E-state index in [0.29, 0.717) is 0 Å². The maximum atomic E-state index is 2.49. The van der Waals surface area contributed by atoms with Crippen molar-refractivity contribution in [2.45, 2.75) is 5.41 Å². The van der Waals surface area contributed by atoms with Gasteiger partial charge in [-0.1, -0.05) is 200 Å². The highest BCUT2D eigenvalue weighted by molar-refractivity contribution is 6.03. The summed E-state index contributed by atoms with van der Waals surface area (Å²) in [5.74, 6) is 0. The molecule has 0 fully saturated rings. The fourth-order valence-corrected chi connectivity index (χ4v) is 9.51. The van der Waals surface area contributed by atoms with Gasteiger partial charge in [0.1, 0.15) is 0 Å². The van der Waals surface area contributed by atoms with E-state index in [1.54, 1.807) is 0 Å². The minimum atomic E-state index is -0.491. The zero-order chi connectivity index (χ0) is 38.5. The fraction of sp³-hybridized carbons (Fsp3) is 0.0175. The summed E-state index contributed by atoms with van der Waals surface area (Å²) in [6.07, 6.45) is 0. The van der Waals surface area contributed by atoms with Crippen LogP contribution in [-0.2, 0) is 5.41 Å². The lowest BCUT2D eigenvalue weighted by Crippen LogP contribution is -2.28. The molecule has 1 nitrogen and oxygen atoms in total. The van der Waals surface area contributed by atoms with Gasteiger partial charge in [0.2, 0.25) is 0 Å². The third-order valence-corrected chi connectivity index (χ3v) is 12.1. The molecule has 1 aliphatic carbocycles. The molecule has 0 spiro atoms. The molecule has 11 rings (SSSR count). The van der Waals surface area contributed by atoms with Gasteiger partial charge < -0.3 is 4.90 Å². The lowest BCUT2D eigenvalue weighted by molar-refractivity contribution is 0.768. The molecule has 272 valence electrons. The Bertz CT molecular complexity index is 3050. The number of nitrogens with zero attached hydrogens (tertiary/aromatic N) is 1. The summed E-state index contributed by atoms with van der Waals surface area (Å²) in [5, 5.41) is 4.89. The molecule has 1 heteroatoms. The lowest BCUT2D eigenvalue weighted by Gasteiger charge is -2.34. The SMILES string of the molecule is c1ccc(-c2ccc3ccc(-c4ccc(N(c5cccc6c5-c5ccccc5C6(c5ccccc5)c5ccccc5)c5cccc6ccccc56)cc4)cc3c2)cc1. The first-order valence-electron chi connectivity index (χ1n) is 20.1. The molecular formula is C57H39N. The van der Waals surface area contributed by atoms with Gasteiger partial charge in [0.15, 0.2) is 0 Å². The molecule has 0 radical (unpaired) electrons. The first-order valence-corrected chi connectivity index (χ1v) is 20.1. The van der Waals surface area contributed by atoms with Crippen LogP contribution in [0, 0.1) is 0 Å². The largest absolute Gasteiger partial charge is 0.309 e. The van der Waals surface area contributed by atoms with Gasteiger partial charge in [-0.2, -0.15) is 0 Å². The second-order valence-electron chi connectivity index (χ2n) is 15.3. The summed E-state index contributed by atoms with van der Waals surface area (Å²) in [4.78, 5) is 2.49. The van der Waals surface area contributed by atoms with E-state index in [9.17, 15) is 0 Å². The maximum Gasteiger partial charge on any atom is 0.0714 e. The first-order chi connectivity index (χ1) is 28.8. The van der Waals surface area contributed by atoms with Gasteiger partial charge >= 0.3 is 0 Å². The Morgan fingerprint density at radius 3 is 1.53 bits per heavy atom. The molecule has 1 aliphatic rings. The summed E-state index contributed by atoms with van der Waals surface area (Å²) in [6.45, 7) is 0. The van der Waals surface area contributed by atoms with Gasteiger partial charge in [-0.15, -0.1) is 0 Å². The van der Waals surface area contributed by atoms with Gasteiger partial charge in [-0.25, -0.2) is 0 Å². The van der Waals surface area contributed by atoms with E-state index >= 15 is 0 Å². The maximum absolute atomic E-state index is 2.49. The zero-order valence-corrected chi connectivity index (χ0v) is 32.0. The van der Waals surface area contributed by atoms with Crippen molar-refractivity contribution < 1.29 is 0 Å². The van der Waals surface area contributed by atoms with E-state index in [1.807, 2.05) is 0 Å². The molecule has 10 aromatic rings. The topological polar surface area (TPSA) is 3.24 Å². The normalized spacial score (nSPS) is 12.6. The molecule has 0 saturated carbocycles. The van der Waals surface area contributed by atoms with Crippen molar-refractivity contribution in [3.05, 3.63) is 259 Å². The number of fused-ring (bicyclic) bond motifs is 5. The highest BCUT2D eigenvalue weighted by Gasteiger charge is 2.47. The van der Waals surface area contributed by atoms with Gasteiger partial charge in [-0.05, 0) is 103 Å². The predicted octanol–water partition coefficient (Wildman–Crippen LogP) is 15.2. The third kappa shape index (κ3) is 5.39. The third-order valence-electron chi connectivity index (χ3n) is 12.1. The minimum Gasteiger partial charge on any atom is -0.309 e. The number of anilines is 3. The number of rotatable bonds is 7. The van der Waals surface area contributed by atoms with Crippen LogP contribution in [0.15, 0.2) is 237 Å². The van der Waals surface area contributed by atoms with E-state index < -0.39 is 5.41 Å². The summed E-state index contributed by atoms with van der Waals surface area (Å²) in [5.41, 5.74) is 15.4. The van der Waals surface area contributed by atoms with Crippen molar-refractivity contribution in [2.24, 2.45) is 0 Å². The highest BCUT2D eigenvalue weighted by atomic mass is 15.1. The summed E-state index contributed by atoms with van der Waals surface area (Å²) in [7, 11) is 0. The molecule has 0 saturated heterocycles. The van der Waals surface area contributed by atoms with Gasteiger partial charge in [0, 0.05) is 16.6 Å². The Morgan fingerprint density at radius 1 is 0.310 bits per heavy atom. The second-order valence-corrected chi connectivity index (χ2v) is 15.3. The number of hydrogen-bond donors (Lipinski definition) is 0. The van der Waals surface area contributed by atoms with Crippen LogP contribution in [0.5, 0.6) is 0 Å². The second kappa shape index (κ2) is 13.9. The van der Waals surface area contributed by atoms with Crippen molar-refractivity contribution in [3.63, 3.8) is 0 Å². The van der Waals surface area contributed by atoms with Crippen LogP contribution in [0.25, 0.3) is 54.9 Å². The minimum absolute atomic E-state index is 0.491. The quantitative estimate of drug-likeness (QED) is 0.157. The van der Waals surface area contributed by atoms with Crippen molar-refractivity contribution in [3.8, 4) is 33.4 Å². The number of hydrogen-bond acceptors (Lipinski definition) is 1. The molecule has 0 amide bonds. The van der Waals surface area contributed by atoms with Crippen LogP contribution in [0.3, 0.4) is 0 Å². The van der Waals surface area contributed by atoms with Crippen LogP contribution >= 0.6 is 0 Å². The summed E-state index contributed by atoms with van der Waals surface area (Å²) >= 11 is 0. The zero-order valence-electron chi connectivity index (χ0n) is 32.0.